The Kier molecular flexibility index (Phi) is 7.10. The normalized spacial score (nSPS) is 12.7. The van der Waals surface area contributed by atoms with Gasteiger partial charge in [0.1, 0.15) is 5.03 Å². The molecule has 170 valence electrons. The van der Waals surface area contributed by atoms with Crippen LogP contribution >= 0.6 is 23.4 Å². The fraction of sp³-hybridized carbons (Fsp3) is 0.192. The van der Waals surface area contributed by atoms with Gasteiger partial charge in [-0.15, -0.1) is 0 Å². The zero-order chi connectivity index (χ0) is 23.6. The van der Waals surface area contributed by atoms with Gasteiger partial charge in [0.15, 0.2) is 0 Å². The Hall–Kier alpha value is -2.38. The van der Waals surface area contributed by atoms with Crippen LogP contribution in [-0.4, -0.2) is 13.4 Å². The maximum absolute atomic E-state index is 13.2. The molecule has 0 aliphatic heterocycles. The number of fused-ring (bicyclic) bond motifs is 1. The van der Waals surface area contributed by atoms with E-state index in [0.29, 0.717) is 5.02 Å². The van der Waals surface area contributed by atoms with Crippen molar-refractivity contribution in [2.24, 2.45) is 0 Å². The molecule has 1 N–H and O–H groups in total. The summed E-state index contributed by atoms with van der Waals surface area (Å²) in [6, 6.07) is 20.2. The maximum Gasteiger partial charge on any atom is 0.241 e. The van der Waals surface area contributed by atoms with Crippen molar-refractivity contribution in [3.8, 4) is 0 Å². The predicted octanol–water partition coefficient (Wildman–Crippen LogP) is 6.95. The molecule has 0 amide bonds. The van der Waals surface area contributed by atoms with E-state index < -0.39 is 16.1 Å². The van der Waals surface area contributed by atoms with Crippen molar-refractivity contribution in [1.82, 2.24) is 9.71 Å². The van der Waals surface area contributed by atoms with Crippen LogP contribution in [0.5, 0.6) is 0 Å². The van der Waals surface area contributed by atoms with E-state index in [1.807, 2.05) is 25.1 Å². The fourth-order valence-electron chi connectivity index (χ4n) is 3.81. The first kappa shape index (κ1) is 23.8. The maximum atomic E-state index is 13.2. The predicted molar refractivity (Wildman–Crippen MR) is 137 cm³/mol. The van der Waals surface area contributed by atoms with E-state index in [1.54, 1.807) is 42.2 Å². The van der Waals surface area contributed by atoms with Gasteiger partial charge >= 0.3 is 0 Å². The van der Waals surface area contributed by atoms with Crippen LogP contribution in [-0.2, 0) is 16.4 Å². The van der Waals surface area contributed by atoms with Gasteiger partial charge in [-0.1, -0.05) is 66.2 Å². The molecule has 0 spiro atoms. The molecule has 0 saturated heterocycles. The summed E-state index contributed by atoms with van der Waals surface area (Å²) in [6.07, 6.45) is 2.49. The Balaban J connectivity index is 1.62. The second-order valence-electron chi connectivity index (χ2n) is 7.92. The first-order chi connectivity index (χ1) is 15.8. The smallest absolute Gasteiger partial charge is 0.241 e. The minimum absolute atomic E-state index is 0.213. The molecule has 0 fully saturated rings. The fourth-order valence-corrected chi connectivity index (χ4v) is 6.30. The first-order valence-corrected chi connectivity index (χ1v) is 13.4. The summed E-state index contributed by atoms with van der Waals surface area (Å²) in [5.41, 5.74) is 3.17. The van der Waals surface area contributed by atoms with Crippen molar-refractivity contribution < 1.29 is 8.42 Å². The molecule has 1 atom stereocenters. The van der Waals surface area contributed by atoms with Gasteiger partial charge in [-0.05, 0) is 73.2 Å². The van der Waals surface area contributed by atoms with Crippen molar-refractivity contribution in [3.63, 3.8) is 0 Å². The Morgan fingerprint density at radius 2 is 1.82 bits per heavy atom. The summed E-state index contributed by atoms with van der Waals surface area (Å²) in [4.78, 5) is 5.89. The molecule has 7 heteroatoms. The zero-order valence-electron chi connectivity index (χ0n) is 18.7. The summed E-state index contributed by atoms with van der Waals surface area (Å²) in [7, 11) is -3.73. The standard InChI is InChI=1S/C26H25ClN2O2S2/c1-4-22-23(14-15-28-26(22)32-20-10-8-17(2)9-11-20)18(3)29-33(30,31)21-12-13-24-19(16-21)6-5-7-25(24)27/h5-16,18,29H,4H2,1-3H3. The number of hydrogen-bond donors (Lipinski definition) is 1. The third kappa shape index (κ3) is 5.25. The number of aromatic nitrogens is 1. The van der Waals surface area contributed by atoms with Crippen molar-refractivity contribution in [2.75, 3.05) is 0 Å². The van der Waals surface area contributed by atoms with Gasteiger partial charge in [0.25, 0.3) is 0 Å². The minimum Gasteiger partial charge on any atom is -0.249 e. The number of nitrogens with one attached hydrogen (secondary N) is 1. The van der Waals surface area contributed by atoms with Crippen molar-refractivity contribution in [2.45, 2.75) is 48.1 Å². The average Bonchev–Trinajstić information content (AvgIpc) is 2.80. The van der Waals surface area contributed by atoms with E-state index in [1.165, 1.54) is 5.56 Å². The molecule has 33 heavy (non-hydrogen) atoms. The Morgan fingerprint density at radius 1 is 1.06 bits per heavy atom. The second kappa shape index (κ2) is 9.85. The molecule has 1 aromatic heterocycles. The molecule has 0 aliphatic rings. The largest absolute Gasteiger partial charge is 0.249 e. The van der Waals surface area contributed by atoms with Gasteiger partial charge in [0.2, 0.25) is 10.0 Å². The van der Waals surface area contributed by atoms with Crippen LogP contribution < -0.4 is 4.72 Å². The van der Waals surface area contributed by atoms with Crippen molar-refractivity contribution >= 4 is 44.2 Å². The van der Waals surface area contributed by atoms with E-state index in [0.717, 1.165) is 38.2 Å². The van der Waals surface area contributed by atoms with E-state index in [4.69, 9.17) is 11.6 Å². The van der Waals surface area contributed by atoms with Gasteiger partial charge in [0.05, 0.1) is 4.90 Å². The molecule has 0 aliphatic carbocycles. The van der Waals surface area contributed by atoms with E-state index in [2.05, 4.69) is 47.8 Å². The second-order valence-corrected chi connectivity index (χ2v) is 11.1. The number of aryl methyl sites for hydroxylation is 1. The highest BCUT2D eigenvalue weighted by atomic mass is 35.5. The highest BCUT2D eigenvalue weighted by Gasteiger charge is 2.22. The Labute approximate surface area is 204 Å². The molecule has 3 aromatic carbocycles. The summed E-state index contributed by atoms with van der Waals surface area (Å²) in [5.74, 6) is 0. The zero-order valence-corrected chi connectivity index (χ0v) is 21.1. The van der Waals surface area contributed by atoms with Crippen LogP contribution in [0.3, 0.4) is 0 Å². The Bertz CT molecular complexity index is 1400. The first-order valence-electron chi connectivity index (χ1n) is 10.7. The third-order valence-electron chi connectivity index (χ3n) is 5.55. The molecular formula is C26H25ClN2O2S2. The Morgan fingerprint density at radius 3 is 2.55 bits per heavy atom. The van der Waals surface area contributed by atoms with Gasteiger partial charge in [-0.25, -0.2) is 18.1 Å². The lowest BCUT2D eigenvalue weighted by Crippen LogP contribution is -2.27. The summed E-state index contributed by atoms with van der Waals surface area (Å²) >= 11 is 7.82. The van der Waals surface area contributed by atoms with Crippen molar-refractivity contribution in [3.05, 3.63) is 94.6 Å². The lowest BCUT2D eigenvalue weighted by atomic mass is 10.0. The van der Waals surface area contributed by atoms with Gasteiger partial charge < -0.3 is 0 Å². The molecule has 4 rings (SSSR count). The van der Waals surface area contributed by atoms with Crippen LogP contribution in [0.15, 0.2) is 87.7 Å². The van der Waals surface area contributed by atoms with Crippen LogP contribution in [0.1, 0.15) is 36.6 Å². The number of benzene rings is 3. The molecule has 1 unspecified atom stereocenters. The summed E-state index contributed by atoms with van der Waals surface area (Å²) in [5, 5.41) is 3.10. The van der Waals surface area contributed by atoms with Gasteiger partial charge in [-0.2, -0.15) is 0 Å². The number of rotatable bonds is 7. The quantitative estimate of drug-likeness (QED) is 0.300. The number of sulfonamides is 1. The van der Waals surface area contributed by atoms with Gasteiger partial charge in [-0.3, -0.25) is 0 Å². The molecule has 4 aromatic rings. The van der Waals surface area contributed by atoms with E-state index >= 15 is 0 Å². The molecular weight excluding hydrogens is 472 g/mol. The molecule has 0 saturated carbocycles. The van der Waals surface area contributed by atoms with Crippen molar-refractivity contribution in [1.29, 1.82) is 0 Å². The monoisotopic (exact) mass is 496 g/mol. The van der Waals surface area contributed by atoms with Crippen LogP contribution in [0.25, 0.3) is 10.8 Å². The van der Waals surface area contributed by atoms with Crippen LogP contribution in [0, 0.1) is 6.92 Å². The van der Waals surface area contributed by atoms with Crippen LogP contribution in [0.4, 0.5) is 0 Å². The summed E-state index contributed by atoms with van der Waals surface area (Å²) in [6.45, 7) is 5.99. The number of hydrogen-bond acceptors (Lipinski definition) is 4. The number of nitrogens with zero attached hydrogens (tertiary/aromatic N) is 1. The lowest BCUT2D eigenvalue weighted by molar-refractivity contribution is 0.565. The molecule has 4 nitrogen and oxygen atoms in total. The number of halogens is 1. The highest BCUT2D eigenvalue weighted by Crippen LogP contribution is 2.33. The third-order valence-corrected chi connectivity index (χ3v) is 8.47. The van der Waals surface area contributed by atoms with E-state index in [9.17, 15) is 8.42 Å². The van der Waals surface area contributed by atoms with Crippen LogP contribution in [0.2, 0.25) is 5.02 Å². The topological polar surface area (TPSA) is 59.1 Å². The molecule has 0 radical (unpaired) electrons. The summed E-state index contributed by atoms with van der Waals surface area (Å²) < 4.78 is 29.2. The SMILES string of the molecule is CCc1c(C(C)NS(=O)(=O)c2ccc3c(Cl)cccc3c2)ccnc1Sc1ccc(C)cc1. The molecule has 1 heterocycles. The van der Waals surface area contributed by atoms with E-state index in [-0.39, 0.29) is 4.90 Å². The van der Waals surface area contributed by atoms with Gasteiger partial charge in [0, 0.05) is 27.5 Å². The average molecular weight is 497 g/mol. The lowest BCUT2D eigenvalue weighted by Gasteiger charge is -2.19. The highest BCUT2D eigenvalue weighted by molar-refractivity contribution is 7.99. The molecule has 0 bridgehead atoms. The number of pyridine rings is 1. The minimum atomic E-state index is -3.73.